The molecule has 1 aromatic carbocycles. The van der Waals surface area contributed by atoms with Crippen LogP contribution < -0.4 is 5.32 Å². The molecule has 1 aliphatic heterocycles. The maximum atomic E-state index is 4.44. The van der Waals surface area contributed by atoms with Crippen molar-refractivity contribution in [3.05, 3.63) is 53.3 Å². The minimum atomic E-state index is 0.347. The van der Waals surface area contributed by atoms with Crippen LogP contribution in [0.3, 0.4) is 0 Å². The molecule has 0 unspecified atom stereocenters. The Bertz CT molecular complexity index is 679. The van der Waals surface area contributed by atoms with Gasteiger partial charge in [0, 0.05) is 43.1 Å². The van der Waals surface area contributed by atoms with Crippen molar-refractivity contribution in [1.82, 2.24) is 19.8 Å². The zero-order chi connectivity index (χ0) is 18.5. The number of hydrogen-bond acceptors (Lipinski definition) is 5. The molecule has 0 aliphatic carbocycles. The van der Waals surface area contributed by atoms with Gasteiger partial charge in [-0.25, -0.2) is 9.97 Å². The molecule has 0 spiro atoms. The summed E-state index contributed by atoms with van der Waals surface area (Å²) in [4.78, 5) is 13.6. The van der Waals surface area contributed by atoms with Gasteiger partial charge >= 0.3 is 0 Å². The number of nitrogens with one attached hydrogen (secondary N) is 1. The van der Waals surface area contributed by atoms with Crippen LogP contribution in [0.4, 0.5) is 5.95 Å². The van der Waals surface area contributed by atoms with E-state index in [0.29, 0.717) is 18.0 Å². The summed E-state index contributed by atoms with van der Waals surface area (Å²) in [6.07, 6.45) is 6.37. The van der Waals surface area contributed by atoms with E-state index in [4.69, 9.17) is 0 Å². The molecule has 1 atom stereocenters. The van der Waals surface area contributed by atoms with E-state index in [9.17, 15) is 0 Å². The van der Waals surface area contributed by atoms with Crippen LogP contribution in [-0.4, -0.2) is 46.4 Å². The van der Waals surface area contributed by atoms with Gasteiger partial charge in [0.05, 0.1) is 0 Å². The Kier molecular flexibility index (Phi) is 6.22. The number of aromatic nitrogens is 2. The van der Waals surface area contributed by atoms with E-state index in [2.05, 4.69) is 77.3 Å². The van der Waals surface area contributed by atoms with Gasteiger partial charge in [0.1, 0.15) is 0 Å². The van der Waals surface area contributed by atoms with Crippen LogP contribution >= 0.6 is 0 Å². The summed E-state index contributed by atoms with van der Waals surface area (Å²) < 4.78 is 0. The van der Waals surface area contributed by atoms with Crippen molar-refractivity contribution in [2.75, 3.05) is 26.0 Å². The summed E-state index contributed by atoms with van der Waals surface area (Å²) in [5.41, 5.74) is 3.96. The molecule has 1 aliphatic rings. The van der Waals surface area contributed by atoms with Gasteiger partial charge < -0.3 is 10.2 Å². The standard InChI is InChI=1S/C21H31N5/c1-16(2)24-21-22-12-18(13-23-21)15-26-11-5-6-20(26)19-9-7-17(8-10-19)14-25(3)4/h7-10,12-13,16,20H,5-6,11,14-15H2,1-4H3,(H,22,23,24)/t20-/m1/s1. The lowest BCUT2D eigenvalue weighted by Gasteiger charge is -2.25. The second kappa shape index (κ2) is 8.60. The normalized spacial score (nSPS) is 18.0. The van der Waals surface area contributed by atoms with Gasteiger partial charge in [0.2, 0.25) is 5.95 Å². The third-order valence-corrected chi connectivity index (χ3v) is 4.74. The van der Waals surface area contributed by atoms with Gasteiger partial charge in [0.25, 0.3) is 0 Å². The Labute approximate surface area is 157 Å². The van der Waals surface area contributed by atoms with Crippen LogP contribution in [-0.2, 0) is 13.1 Å². The Morgan fingerprint density at radius 3 is 2.42 bits per heavy atom. The predicted molar refractivity (Wildman–Crippen MR) is 107 cm³/mol. The molecule has 0 radical (unpaired) electrons. The molecule has 2 aromatic rings. The summed E-state index contributed by atoms with van der Waals surface area (Å²) >= 11 is 0. The van der Waals surface area contributed by atoms with Crippen LogP contribution in [0.1, 0.15) is 49.4 Å². The first kappa shape index (κ1) is 18.8. The maximum Gasteiger partial charge on any atom is 0.222 e. The Morgan fingerprint density at radius 1 is 1.12 bits per heavy atom. The fourth-order valence-corrected chi connectivity index (χ4v) is 3.61. The Hall–Kier alpha value is -1.98. The molecule has 0 bridgehead atoms. The lowest BCUT2D eigenvalue weighted by Crippen LogP contribution is -2.23. The van der Waals surface area contributed by atoms with E-state index < -0.39 is 0 Å². The van der Waals surface area contributed by atoms with E-state index >= 15 is 0 Å². The van der Waals surface area contributed by atoms with Crippen molar-refractivity contribution in [2.45, 2.75) is 51.9 Å². The van der Waals surface area contributed by atoms with Crippen molar-refractivity contribution < 1.29 is 0 Å². The van der Waals surface area contributed by atoms with Crippen molar-refractivity contribution in [1.29, 1.82) is 0 Å². The van der Waals surface area contributed by atoms with E-state index in [-0.39, 0.29) is 0 Å². The van der Waals surface area contributed by atoms with Gasteiger partial charge in [-0.3, -0.25) is 4.90 Å². The predicted octanol–water partition coefficient (Wildman–Crippen LogP) is 3.70. The first-order valence-corrected chi connectivity index (χ1v) is 9.56. The number of benzene rings is 1. The van der Waals surface area contributed by atoms with E-state index in [1.54, 1.807) is 0 Å². The quantitative estimate of drug-likeness (QED) is 0.822. The lowest BCUT2D eigenvalue weighted by molar-refractivity contribution is 0.248. The molecule has 140 valence electrons. The second-order valence-electron chi connectivity index (χ2n) is 7.82. The SMILES string of the molecule is CC(C)Nc1ncc(CN2CCC[C@@H]2c2ccc(CN(C)C)cc2)cn1. The van der Waals surface area contributed by atoms with Gasteiger partial charge in [-0.15, -0.1) is 0 Å². The van der Waals surface area contributed by atoms with Crippen molar-refractivity contribution in [2.24, 2.45) is 0 Å². The molecule has 2 heterocycles. The highest BCUT2D eigenvalue weighted by molar-refractivity contribution is 5.27. The molecular weight excluding hydrogens is 322 g/mol. The second-order valence-corrected chi connectivity index (χ2v) is 7.82. The summed E-state index contributed by atoms with van der Waals surface area (Å²) in [7, 11) is 4.22. The van der Waals surface area contributed by atoms with Crippen LogP contribution in [0.15, 0.2) is 36.7 Å². The number of hydrogen-bond donors (Lipinski definition) is 1. The van der Waals surface area contributed by atoms with E-state index in [1.165, 1.54) is 29.5 Å². The van der Waals surface area contributed by atoms with Crippen LogP contribution in [0.2, 0.25) is 0 Å². The number of likely N-dealkylation sites (tertiary alicyclic amines) is 1. The fraction of sp³-hybridized carbons (Fsp3) is 0.524. The van der Waals surface area contributed by atoms with Crippen molar-refractivity contribution in [3.8, 4) is 0 Å². The number of nitrogens with zero attached hydrogens (tertiary/aromatic N) is 4. The molecule has 1 saturated heterocycles. The first-order valence-electron chi connectivity index (χ1n) is 9.56. The average Bonchev–Trinajstić information content (AvgIpc) is 3.04. The highest BCUT2D eigenvalue weighted by Crippen LogP contribution is 2.33. The topological polar surface area (TPSA) is 44.3 Å². The summed E-state index contributed by atoms with van der Waals surface area (Å²) in [6, 6.07) is 9.97. The molecule has 5 nitrogen and oxygen atoms in total. The molecule has 1 fully saturated rings. The molecule has 5 heteroatoms. The van der Waals surface area contributed by atoms with Crippen LogP contribution in [0.25, 0.3) is 0 Å². The third-order valence-electron chi connectivity index (χ3n) is 4.74. The molecule has 26 heavy (non-hydrogen) atoms. The molecule has 0 saturated carbocycles. The van der Waals surface area contributed by atoms with E-state index in [0.717, 1.165) is 19.6 Å². The number of rotatable bonds is 7. The van der Waals surface area contributed by atoms with Gasteiger partial charge in [-0.05, 0) is 58.5 Å². The highest BCUT2D eigenvalue weighted by atomic mass is 15.2. The molecule has 3 rings (SSSR count). The zero-order valence-electron chi connectivity index (χ0n) is 16.4. The van der Waals surface area contributed by atoms with Gasteiger partial charge in [0.15, 0.2) is 0 Å². The largest absolute Gasteiger partial charge is 0.352 e. The summed E-state index contributed by atoms with van der Waals surface area (Å²) in [5, 5.41) is 3.24. The van der Waals surface area contributed by atoms with Crippen molar-refractivity contribution in [3.63, 3.8) is 0 Å². The first-order chi connectivity index (χ1) is 12.5. The third kappa shape index (κ3) is 5.02. The maximum absolute atomic E-state index is 4.44. The van der Waals surface area contributed by atoms with Crippen LogP contribution in [0, 0.1) is 0 Å². The smallest absolute Gasteiger partial charge is 0.222 e. The average molecular weight is 354 g/mol. The summed E-state index contributed by atoms with van der Waals surface area (Å²) in [5.74, 6) is 0.707. The Balaban J connectivity index is 1.64. The molecule has 1 N–H and O–H groups in total. The monoisotopic (exact) mass is 353 g/mol. The minimum absolute atomic E-state index is 0.347. The van der Waals surface area contributed by atoms with E-state index in [1.807, 2.05) is 12.4 Å². The zero-order valence-corrected chi connectivity index (χ0v) is 16.4. The van der Waals surface area contributed by atoms with Crippen LogP contribution in [0.5, 0.6) is 0 Å². The van der Waals surface area contributed by atoms with Gasteiger partial charge in [-0.1, -0.05) is 24.3 Å². The molecule has 0 amide bonds. The fourth-order valence-electron chi connectivity index (χ4n) is 3.61. The summed E-state index contributed by atoms with van der Waals surface area (Å²) in [6.45, 7) is 7.22. The Morgan fingerprint density at radius 2 is 1.81 bits per heavy atom. The van der Waals surface area contributed by atoms with Gasteiger partial charge in [-0.2, -0.15) is 0 Å². The number of anilines is 1. The lowest BCUT2D eigenvalue weighted by atomic mass is 10.0. The molecular formula is C21H31N5. The molecule has 1 aromatic heterocycles. The highest BCUT2D eigenvalue weighted by Gasteiger charge is 2.26. The van der Waals surface area contributed by atoms with Crippen molar-refractivity contribution >= 4 is 5.95 Å². The minimum Gasteiger partial charge on any atom is -0.352 e.